The fourth-order valence-corrected chi connectivity index (χ4v) is 12.1. The molecule has 12 unspecified atom stereocenters. The maximum Gasteiger partial charge on any atom is 0.348 e. The van der Waals surface area contributed by atoms with Crippen LogP contribution in [-0.2, 0) is 11.3 Å². The molecule has 0 bridgehead atoms. The van der Waals surface area contributed by atoms with Crippen LogP contribution in [0.5, 0.6) is 11.8 Å². The molecule has 2 saturated carbocycles. The number of hydrogen-bond acceptors (Lipinski definition) is 12. The topological polar surface area (TPSA) is 165 Å². The van der Waals surface area contributed by atoms with E-state index in [1.165, 1.54) is 0 Å². The van der Waals surface area contributed by atoms with Gasteiger partial charge in [-0.3, -0.25) is 24.6 Å². The van der Waals surface area contributed by atoms with Crippen molar-refractivity contribution < 1.29 is 38.3 Å². The third-order valence-electron chi connectivity index (χ3n) is 16.6. The molecule has 2 aliphatic carbocycles. The smallest absolute Gasteiger partial charge is 0.348 e. The van der Waals surface area contributed by atoms with E-state index in [9.17, 15) is 19.5 Å². The zero-order valence-corrected chi connectivity index (χ0v) is 44.7. The predicted octanol–water partition coefficient (Wildman–Crippen LogP) is 10.9. The van der Waals surface area contributed by atoms with Gasteiger partial charge in [0.25, 0.3) is 6.73 Å². The average molecular weight is 1010 g/mol. The Kier molecular flexibility index (Phi) is 18.2. The quantitative estimate of drug-likeness (QED) is 0.0498. The Balaban J connectivity index is 0.895. The largest absolute Gasteiger partial charge is 0.474 e. The second-order valence-corrected chi connectivity index (χ2v) is 21.9. The van der Waals surface area contributed by atoms with Crippen LogP contribution in [0.15, 0.2) is 87.8 Å². The molecule has 0 amide bonds. The van der Waals surface area contributed by atoms with Crippen molar-refractivity contribution in [2.45, 2.75) is 149 Å². The molecule has 0 radical (unpaired) electrons. The van der Waals surface area contributed by atoms with Gasteiger partial charge in [-0.25, -0.2) is 14.8 Å². The fourth-order valence-electron chi connectivity index (χ4n) is 12.1. The molecular formula is C61H77N6O7+. The number of carbonyl (C=O) groups excluding carboxylic acids is 3. The van der Waals surface area contributed by atoms with Crippen LogP contribution in [-0.4, -0.2) is 106 Å². The average Bonchev–Trinajstić information content (AvgIpc) is 3.83. The lowest BCUT2D eigenvalue weighted by Crippen LogP contribution is -2.29. The number of ether oxygens (including phenoxy) is 3. The standard InChI is InChI=1S/C61H77N6O7/c1-37-17-22-46(73-59-45(35-68)21-19-41(5)65-59)29-39(3)54(37)32-58(70)51-16-12-10-14-49(51)56-34-67(28-27-64-44(56)8)36-72-61(71)52-24-20-42(6)66-60(52)74-47-23-18-38(2)53(40(4)30-47)31-57(69)50-15-11-9-13-48(50)55-33-62-25-26-63-43(55)7/h9-16,19-21,24-28,37-40,43-44,46-47,53-56,68H,17-18,22-23,29-36H2,1-8H3/q+1. The first-order chi connectivity index (χ1) is 35.7. The number of pyridine rings is 2. The van der Waals surface area contributed by atoms with E-state index in [1.807, 2.05) is 79.2 Å². The summed E-state index contributed by atoms with van der Waals surface area (Å²) in [7, 11) is 0. The van der Waals surface area contributed by atoms with E-state index in [2.05, 4.69) is 62.6 Å². The number of aliphatic hydroxyl groups is 1. The van der Waals surface area contributed by atoms with E-state index in [0.29, 0.717) is 48.9 Å². The Bertz CT molecular complexity index is 2750. The molecule has 2 aromatic heterocycles. The molecule has 0 spiro atoms. The zero-order chi connectivity index (χ0) is 52.5. The lowest BCUT2D eigenvalue weighted by molar-refractivity contribution is -0.558. The summed E-state index contributed by atoms with van der Waals surface area (Å²) in [6.45, 7) is 17.8. The molecule has 4 aromatic rings. The van der Waals surface area contributed by atoms with Crippen LogP contribution in [0, 0.1) is 49.4 Å². The van der Waals surface area contributed by atoms with Crippen molar-refractivity contribution in [2.75, 3.05) is 19.8 Å². The van der Waals surface area contributed by atoms with E-state index >= 15 is 0 Å². The van der Waals surface area contributed by atoms with Gasteiger partial charge >= 0.3 is 5.97 Å². The minimum absolute atomic E-state index is 0.0159. The van der Waals surface area contributed by atoms with Gasteiger partial charge in [0.05, 0.1) is 30.8 Å². The van der Waals surface area contributed by atoms with Crippen molar-refractivity contribution >= 4 is 42.4 Å². The normalized spacial score (nSPS) is 28.2. The van der Waals surface area contributed by atoms with E-state index in [4.69, 9.17) is 24.2 Å². The molecule has 2 fully saturated rings. The first kappa shape index (κ1) is 54.1. The maximum absolute atomic E-state index is 14.5. The number of aryl methyl sites for hydroxylation is 2. The van der Waals surface area contributed by atoms with Crippen LogP contribution in [0.1, 0.15) is 164 Å². The number of hydrogen-bond donors (Lipinski definition) is 1. The first-order valence-electron chi connectivity index (χ1n) is 27.1. The number of aromatic nitrogens is 2. The number of carbonyl (C=O) groups is 3. The summed E-state index contributed by atoms with van der Waals surface area (Å²) in [4.78, 5) is 66.1. The van der Waals surface area contributed by atoms with E-state index in [-0.39, 0.29) is 102 Å². The Morgan fingerprint density at radius 3 is 1.77 bits per heavy atom. The summed E-state index contributed by atoms with van der Waals surface area (Å²) in [5.41, 5.74) is 5.92. The molecule has 13 nitrogen and oxygen atoms in total. The number of nitrogens with zero attached hydrogens (tertiary/aromatic N) is 6. The van der Waals surface area contributed by atoms with Crippen molar-refractivity contribution in [2.24, 2.45) is 50.5 Å². The first-order valence-corrected chi connectivity index (χ1v) is 27.1. The van der Waals surface area contributed by atoms with Crippen molar-refractivity contribution in [3.63, 3.8) is 0 Å². The summed E-state index contributed by atoms with van der Waals surface area (Å²) in [5, 5.41) is 9.95. The van der Waals surface area contributed by atoms with Gasteiger partial charge in [-0.05, 0) is 137 Å². The SMILES string of the molecule is Cc1ccc(CO)c(OC2CCC(C)C(CC(=O)c3ccccc3C3C[N+](COC(=O)c4ccc(C)nc4OC4CCC(C)C(CC(=O)c5ccccc5C5CN=CC=NC5C)C(C)C4)=CC=NC3C)C(C)C2)n1. The third kappa shape index (κ3) is 13.2. The third-order valence-corrected chi connectivity index (χ3v) is 16.6. The summed E-state index contributed by atoms with van der Waals surface area (Å²) >= 11 is 0. The van der Waals surface area contributed by atoms with Gasteiger partial charge < -0.3 is 19.3 Å². The van der Waals surface area contributed by atoms with Crippen molar-refractivity contribution in [3.05, 3.63) is 118 Å². The molecule has 392 valence electrons. The van der Waals surface area contributed by atoms with E-state index < -0.39 is 5.97 Å². The number of esters is 1. The summed E-state index contributed by atoms with van der Waals surface area (Å²) in [6, 6.07) is 23.0. The fraction of sp³-hybridized carbons (Fsp3) is 0.525. The lowest BCUT2D eigenvalue weighted by Gasteiger charge is -2.28. The van der Waals surface area contributed by atoms with Crippen molar-refractivity contribution in [3.8, 4) is 11.8 Å². The summed E-state index contributed by atoms with van der Waals surface area (Å²) in [6.07, 6.45) is 12.6. The summed E-state index contributed by atoms with van der Waals surface area (Å²) < 4.78 is 21.1. The van der Waals surface area contributed by atoms with Gasteiger partial charge in [-0.2, -0.15) is 4.58 Å². The van der Waals surface area contributed by atoms with Gasteiger partial charge in [0.1, 0.15) is 17.8 Å². The van der Waals surface area contributed by atoms with Crippen LogP contribution in [0.4, 0.5) is 0 Å². The highest BCUT2D eigenvalue weighted by molar-refractivity contribution is 6.16. The highest BCUT2D eigenvalue weighted by atomic mass is 16.5. The minimum atomic E-state index is -0.540. The molecule has 13 heteroatoms. The zero-order valence-electron chi connectivity index (χ0n) is 44.7. The Hall–Kier alpha value is -6.21. The van der Waals surface area contributed by atoms with E-state index in [1.54, 1.807) is 30.8 Å². The maximum atomic E-state index is 14.5. The number of Topliss-reactive ketones (excluding diaryl/α,β-unsaturated/α-hetero) is 2. The van der Waals surface area contributed by atoms with Crippen LogP contribution in [0.25, 0.3) is 0 Å². The molecule has 74 heavy (non-hydrogen) atoms. The van der Waals surface area contributed by atoms with Crippen LogP contribution in [0.2, 0.25) is 0 Å². The summed E-state index contributed by atoms with van der Waals surface area (Å²) in [5.74, 6) is 1.66. The second kappa shape index (κ2) is 24.9. The molecule has 0 saturated heterocycles. The molecule has 2 aliphatic heterocycles. The number of ketones is 2. The molecule has 4 aliphatic rings. The number of aliphatic hydroxyl groups excluding tert-OH is 1. The lowest BCUT2D eigenvalue weighted by atomic mass is 9.77. The second-order valence-electron chi connectivity index (χ2n) is 21.9. The number of rotatable bonds is 16. The van der Waals surface area contributed by atoms with Gasteiger partial charge in [-0.15, -0.1) is 0 Å². The van der Waals surface area contributed by atoms with Crippen molar-refractivity contribution in [1.29, 1.82) is 0 Å². The van der Waals surface area contributed by atoms with E-state index in [0.717, 1.165) is 66.6 Å². The van der Waals surface area contributed by atoms with Gasteiger partial charge in [0.2, 0.25) is 11.8 Å². The van der Waals surface area contributed by atoms with Crippen molar-refractivity contribution in [1.82, 2.24) is 9.97 Å². The van der Waals surface area contributed by atoms with Crippen LogP contribution >= 0.6 is 0 Å². The van der Waals surface area contributed by atoms with Crippen LogP contribution < -0.4 is 9.47 Å². The van der Waals surface area contributed by atoms with Gasteiger partial charge in [0.15, 0.2) is 24.3 Å². The minimum Gasteiger partial charge on any atom is -0.474 e. The molecule has 4 heterocycles. The monoisotopic (exact) mass is 1010 g/mol. The molecule has 12 atom stereocenters. The number of benzene rings is 2. The van der Waals surface area contributed by atoms with Crippen LogP contribution in [0.3, 0.4) is 0 Å². The highest BCUT2D eigenvalue weighted by Gasteiger charge is 2.37. The highest BCUT2D eigenvalue weighted by Crippen LogP contribution is 2.41. The molecular weight excluding hydrogens is 929 g/mol. The molecule has 8 rings (SSSR count). The number of aliphatic imine (C=N–C) groups is 3. The predicted molar refractivity (Wildman–Crippen MR) is 291 cm³/mol. The van der Waals surface area contributed by atoms with Gasteiger partial charge in [-0.1, -0.05) is 76.2 Å². The Morgan fingerprint density at radius 1 is 0.608 bits per heavy atom. The molecule has 1 N–H and O–H groups in total. The Labute approximate surface area is 438 Å². The van der Waals surface area contributed by atoms with Gasteiger partial charge in [0, 0.05) is 65.8 Å². The Morgan fingerprint density at radius 2 is 1.15 bits per heavy atom. The molecule has 2 aromatic carbocycles.